The van der Waals surface area contributed by atoms with E-state index >= 15 is 0 Å². The molecule has 0 unspecified atom stereocenters. The molecule has 2 aliphatic rings. The van der Waals surface area contributed by atoms with Crippen molar-refractivity contribution in [3.63, 3.8) is 0 Å². The number of rotatable bonds is 2. The van der Waals surface area contributed by atoms with E-state index in [-0.39, 0.29) is 17.8 Å². The molecule has 0 fully saturated rings. The minimum Gasteiger partial charge on any atom is -0.463 e. The number of imide groups is 1. The second kappa shape index (κ2) is 6.74. The van der Waals surface area contributed by atoms with E-state index in [0.29, 0.717) is 6.61 Å². The molecule has 0 spiro atoms. The van der Waals surface area contributed by atoms with Crippen molar-refractivity contribution in [1.82, 2.24) is 5.32 Å². The Hall–Kier alpha value is -1.91. The van der Waals surface area contributed by atoms with Gasteiger partial charge >= 0.3 is 5.97 Å². The van der Waals surface area contributed by atoms with Gasteiger partial charge in [-0.15, -0.1) is 0 Å². The predicted octanol–water partition coefficient (Wildman–Crippen LogP) is 1.25. The summed E-state index contributed by atoms with van der Waals surface area (Å²) in [6.45, 7) is 5.38. The topological polar surface area (TPSA) is 72.5 Å². The zero-order valence-corrected chi connectivity index (χ0v) is 10.5. The number of amides is 2. The molecule has 0 atom stereocenters. The number of carbonyl (C=O) groups excluding carboxylic acids is 3. The maximum Gasteiger partial charge on any atom is 0.330 e. The summed E-state index contributed by atoms with van der Waals surface area (Å²) >= 11 is 0. The van der Waals surface area contributed by atoms with Crippen molar-refractivity contribution >= 4 is 17.8 Å². The van der Waals surface area contributed by atoms with Crippen LogP contribution in [0.3, 0.4) is 0 Å². The summed E-state index contributed by atoms with van der Waals surface area (Å²) in [6, 6.07) is 0. The van der Waals surface area contributed by atoms with Crippen LogP contribution in [-0.2, 0) is 19.1 Å². The van der Waals surface area contributed by atoms with Crippen LogP contribution in [0.2, 0.25) is 0 Å². The highest BCUT2D eigenvalue weighted by Crippen LogP contribution is 2.28. The number of nitrogens with one attached hydrogen (secondary N) is 1. The van der Waals surface area contributed by atoms with Gasteiger partial charge < -0.3 is 4.74 Å². The zero-order valence-electron chi connectivity index (χ0n) is 10.5. The summed E-state index contributed by atoms with van der Waals surface area (Å²) in [5, 5.41) is 2.31. The summed E-state index contributed by atoms with van der Waals surface area (Å²) in [6.07, 6.45) is 4.79. The van der Waals surface area contributed by atoms with Crippen molar-refractivity contribution in [2.24, 2.45) is 0 Å². The molecule has 0 aromatic heterocycles. The van der Waals surface area contributed by atoms with E-state index in [1.807, 2.05) is 0 Å². The van der Waals surface area contributed by atoms with Gasteiger partial charge in [-0.2, -0.15) is 0 Å². The van der Waals surface area contributed by atoms with Crippen molar-refractivity contribution in [1.29, 1.82) is 0 Å². The van der Waals surface area contributed by atoms with E-state index in [9.17, 15) is 14.4 Å². The molecule has 1 N–H and O–H groups in total. The molecule has 1 aliphatic heterocycles. The van der Waals surface area contributed by atoms with Crippen molar-refractivity contribution in [2.45, 2.75) is 32.6 Å². The third kappa shape index (κ3) is 3.55. The smallest absolute Gasteiger partial charge is 0.330 e. The fourth-order valence-electron chi connectivity index (χ4n) is 1.86. The summed E-state index contributed by atoms with van der Waals surface area (Å²) in [4.78, 5) is 32.1. The summed E-state index contributed by atoms with van der Waals surface area (Å²) < 4.78 is 4.43. The SMILES string of the molecule is C=CC(=O)OCC.O=C1NC(=O)C2=C1CCCC2. The van der Waals surface area contributed by atoms with Crippen LogP contribution in [0.1, 0.15) is 32.6 Å². The van der Waals surface area contributed by atoms with E-state index in [1.165, 1.54) is 0 Å². The van der Waals surface area contributed by atoms with Crippen LogP contribution in [0.25, 0.3) is 0 Å². The monoisotopic (exact) mass is 251 g/mol. The molecule has 18 heavy (non-hydrogen) atoms. The minimum absolute atomic E-state index is 0.162. The molecule has 0 saturated carbocycles. The molecule has 1 heterocycles. The van der Waals surface area contributed by atoms with Crippen LogP contribution >= 0.6 is 0 Å². The highest BCUT2D eigenvalue weighted by molar-refractivity contribution is 6.19. The van der Waals surface area contributed by atoms with Crippen LogP contribution in [0, 0.1) is 0 Å². The maximum atomic E-state index is 11.0. The Labute approximate surface area is 106 Å². The lowest BCUT2D eigenvalue weighted by Crippen LogP contribution is -2.22. The molecule has 1 aliphatic carbocycles. The third-order valence-corrected chi connectivity index (χ3v) is 2.70. The lowest BCUT2D eigenvalue weighted by Gasteiger charge is -2.08. The van der Waals surface area contributed by atoms with Crippen LogP contribution in [0.4, 0.5) is 0 Å². The number of carbonyl (C=O) groups is 3. The first kappa shape index (κ1) is 14.2. The van der Waals surface area contributed by atoms with Gasteiger partial charge in [0, 0.05) is 17.2 Å². The average molecular weight is 251 g/mol. The summed E-state index contributed by atoms with van der Waals surface area (Å²) in [7, 11) is 0. The fourth-order valence-corrected chi connectivity index (χ4v) is 1.86. The van der Waals surface area contributed by atoms with E-state index in [0.717, 1.165) is 42.9 Å². The van der Waals surface area contributed by atoms with Crippen LogP contribution in [0.5, 0.6) is 0 Å². The minimum atomic E-state index is -0.359. The van der Waals surface area contributed by atoms with E-state index in [4.69, 9.17) is 0 Å². The highest BCUT2D eigenvalue weighted by atomic mass is 16.5. The Morgan fingerprint density at radius 1 is 1.28 bits per heavy atom. The quantitative estimate of drug-likeness (QED) is 0.455. The standard InChI is InChI=1S/C8H9NO2.C5H8O2/c10-7-5-3-1-2-4-6(5)8(11)9-7;1-3-5(6)7-4-2/h1-4H2,(H,9,10,11);3H,1,4H2,2H3. The molecule has 0 saturated heterocycles. The molecule has 0 aromatic rings. The number of hydrogen-bond donors (Lipinski definition) is 1. The molecule has 0 radical (unpaired) electrons. The third-order valence-electron chi connectivity index (χ3n) is 2.70. The lowest BCUT2D eigenvalue weighted by molar-refractivity contribution is -0.137. The largest absolute Gasteiger partial charge is 0.463 e. The van der Waals surface area contributed by atoms with Gasteiger partial charge in [0.05, 0.1) is 6.61 Å². The molecule has 2 rings (SSSR count). The molecule has 5 nitrogen and oxygen atoms in total. The molecule has 98 valence electrons. The number of esters is 1. The fraction of sp³-hybridized carbons (Fsp3) is 0.462. The van der Waals surface area contributed by atoms with Crippen molar-refractivity contribution in [3.05, 3.63) is 23.8 Å². The number of ether oxygens (including phenoxy) is 1. The molecular formula is C13H17NO4. The van der Waals surface area contributed by atoms with Gasteiger partial charge in [-0.05, 0) is 32.6 Å². The van der Waals surface area contributed by atoms with Gasteiger partial charge in [-0.3, -0.25) is 14.9 Å². The Kier molecular flexibility index (Phi) is 5.30. The van der Waals surface area contributed by atoms with Gasteiger partial charge in [0.15, 0.2) is 0 Å². The highest BCUT2D eigenvalue weighted by Gasteiger charge is 2.30. The second-order valence-corrected chi connectivity index (χ2v) is 3.90. The second-order valence-electron chi connectivity index (χ2n) is 3.90. The normalized spacial score (nSPS) is 17.4. The molecular weight excluding hydrogens is 234 g/mol. The maximum absolute atomic E-state index is 11.0. The van der Waals surface area contributed by atoms with Gasteiger partial charge in [-0.25, -0.2) is 4.79 Å². The predicted molar refractivity (Wildman–Crippen MR) is 65.5 cm³/mol. The van der Waals surface area contributed by atoms with Crippen molar-refractivity contribution in [2.75, 3.05) is 6.61 Å². The Morgan fingerprint density at radius 3 is 2.11 bits per heavy atom. The van der Waals surface area contributed by atoms with Gasteiger partial charge in [0.2, 0.25) is 0 Å². The Bertz CT molecular complexity index is 383. The van der Waals surface area contributed by atoms with E-state index in [2.05, 4.69) is 16.6 Å². The lowest BCUT2D eigenvalue weighted by atomic mass is 9.93. The van der Waals surface area contributed by atoms with Crippen molar-refractivity contribution in [3.8, 4) is 0 Å². The molecule has 5 heteroatoms. The molecule has 0 bridgehead atoms. The zero-order chi connectivity index (χ0) is 13.5. The van der Waals surface area contributed by atoms with E-state index in [1.54, 1.807) is 6.92 Å². The first-order valence-electron chi connectivity index (χ1n) is 5.97. The average Bonchev–Trinajstić information content (AvgIpc) is 2.67. The van der Waals surface area contributed by atoms with Crippen LogP contribution in [0.15, 0.2) is 23.8 Å². The first-order valence-corrected chi connectivity index (χ1v) is 5.97. The van der Waals surface area contributed by atoms with E-state index < -0.39 is 0 Å². The Balaban J connectivity index is 0.000000203. The van der Waals surface area contributed by atoms with Crippen molar-refractivity contribution < 1.29 is 19.1 Å². The molecule has 2 amide bonds. The van der Waals surface area contributed by atoms with Gasteiger partial charge in [0.25, 0.3) is 11.8 Å². The Morgan fingerprint density at radius 2 is 1.78 bits per heavy atom. The van der Waals surface area contributed by atoms with Crippen LogP contribution < -0.4 is 5.32 Å². The number of hydrogen-bond acceptors (Lipinski definition) is 4. The van der Waals surface area contributed by atoms with Gasteiger partial charge in [0.1, 0.15) is 0 Å². The molecule has 0 aromatic carbocycles. The first-order chi connectivity index (χ1) is 8.60. The van der Waals surface area contributed by atoms with Gasteiger partial charge in [-0.1, -0.05) is 6.58 Å². The van der Waals surface area contributed by atoms with Crippen LogP contribution in [-0.4, -0.2) is 24.4 Å². The summed E-state index contributed by atoms with van der Waals surface area (Å²) in [5.74, 6) is -0.683. The summed E-state index contributed by atoms with van der Waals surface area (Å²) in [5.41, 5.74) is 1.47.